The lowest BCUT2D eigenvalue weighted by Crippen LogP contribution is -2.55. The second-order valence-electron chi connectivity index (χ2n) is 8.15. The highest BCUT2D eigenvalue weighted by atomic mass is 32.2. The number of carboxylic acids is 1. The summed E-state index contributed by atoms with van der Waals surface area (Å²) < 4.78 is 34.0. The van der Waals surface area contributed by atoms with Crippen LogP contribution in [0, 0.1) is 11.8 Å². The van der Waals surface area contributed by atoms with E-state index in [1.54, 1.807) is 12.1 Å². The largest absolute Gasteiger partial charge is 0.480 e. The van der Waals surface area contributed by atoms with Crippen LogP contribution < -0.4 is 0 Å². The van der Waals surface area contributed by atoms with E-state index in [2.05, 4.69) is 0 Å². The molecule has 3 atom stereocenters. The summed E-state index contributed by atoms with van der Waals surface area (Å²) in [5, 5.41) is 11.5. The van der Waals surface area contributed by atoms with Gasteiger partial charge in [0.2, 0.25) is 10.0 Å². The van der Waals surface area contributed by atoms with E-state index in [0.717, 1.165) is 42.9 Å². The summed E-state index contributed by atoms with van der Waals surface area (Å²) in [6.07, 6.45) is 4.56. The Hall–Kier alpha value is -2.38. The van der Waals surface area contributed by atoms with Gasteiger partial charge in [-0.25, -0.2) is 8.42 Å². The summed E-state index contributed by atoms with van der Waals surface area (Å²) in [5.74, 6) is -0.847. The fourth-order valence-electron chi connectivity index (χ4n) is 5.23. The van der Waals surface area contributed by atoms with Crippen LogP contribution in [0.3, 0.4) is 0 Å². The first kappa shape index (κ1) is 18.6. The van der Waals surface area contributed by atoms with Gasteiger partial charge in [-0.2, -0.15) is 4.31 Å². The predicted octanol–water partition coefficient (Wildman–Crippen LogP) is 4.24. The van der Waals surface area contributed by atoms with Crippen molar-refractivity contribution in [3.05, 3.63) is 42.5 Å². The Labute approximate surface area is 169 Å². The quantitative estimate of drug-likeness (QED) is 0.694. The maximum Gasteiger partial charge on any atom is 0.322 e. The third kappa shape index (κ3) is 2.95. The van der Waals surface area contributed by atoms with Crippen molar-refractivity contribution in [3.8, 4) is 0 Å². The number of sulfonamides is 1. The van der Waals surface area contributed by atoms with Crippen molar-refractivity contribution >= 4 is 37.9 Å². The van der Waals surface area contributed by atoms with Gasteiger partial charge >= 0.3 is 5.97 Å². The third-order valence-corrected chi connectivity index (χ3v) is 8.49. The molecule has 0 spiro atoms. The molecule has 152 valence electrons. The molecule has 1 aliphatic carbocycles. The lowest BCUT2D eigenvalue weighted by Gasteiger charge is -2.44. The molecule has 3 aromatic rings. The zero-order valence-corrected chi connectivity index (χ0v) is 16.8. The molecule has 2 heterocycles. The van der Waals surface area contributed by atoms with Gasteiger partial charge in [-0.1, -0.05) is 37.5 Å². The molecule has 1 N–H and O–H groups in total. The van der Waals surface area contributed by atoms with Crippen LogP contribution >= 0.6 is 0 Å². The number of hydrogen-bond acceptors (Lipinski definition) is 4. The number of benzene rings is 2. The van der Waals surface area contributed by atoms with Crippen LogP contribution in [-0.4, -0.2) is 36.4 Å². The number of fused-ring (bicyclic) bond motifs is 4. The van der Waals surface area contributed by atoms with Crippen molar-refractivity contribution < 1.29 is 22.7 Å². The summed E-state index contributed by atoms with van der Waals surface area (Å²) in [4.78, 5) is 12.2. The molecule has 7 heteroatoms. The molecule has 6 nitrogen and oxygen atoms in total. The van der Waals surface area contributed by atoms with Gasteiger partial charge in [-0.3, -0.25) is 4.79 Å². The number of para-hydroxylation sites is 1. The number of carbonyl (C=O) groups is 1. The highest BCUT2D eigenvalue weighted by Crippen LogP contribution is 2.42. The molecular formula is C22H23NO5S. The van der Waals surface area contributed by atoms with Crippen LogP contribution in [0.25, 0.3) is 21.9 Å². The molecule has 0 amide bonds. The van der Waals surface area contributed by atoms with Crippen molar-refractivity contribution in [2.45, 2.75) is 43.0 Å². The Kier molecular flexibility index (Phi) is 4.40. The SMILES string of the molecule is O=C(O)C1C2CCCCC2CCN1S(=O)(=O)c1ccc2oc3ccccc3c2c1. The number of rotatable bonds is 3. The minimum Gasteiger partial charge on any atom is -0.480 e. The number of furan rings is 1. The summed E-state index contributed by atoms with van der Waals surface area (Å²) in [6, 6.07) is 11.3. The molecule has 3 unspecified atom stereocenters. The second kappa shape index (κ2) is 6.85. The van der Waals surface area contributed by atoms with Gasteiger partial charge in [0.25, 0.3) is 0 Å². The Balaban J connectivity index is 1.59. The summed E-state index contributed by atoms with van der Waals surface area (Å²) in [7, 11) is -3.93. The zero-order valence-electron chi connectivity index (χ0n) is 16.0. The van der Waals surface area contributed by atoms with Gasteiger partial charge in [0.1, 0.15) is 17.2 Å². The smallest absolute Gasteiger partial charge is 0.322 e. The van der Waals surface area contributed by atoms with Gasteiger partial charge in [0.15, 0.2) is 0 Å². The number of carboxylic acid groups (broad SMARTS) is 1. The van der Waals surface area contributed by atoms with Crippen molar-refractivity contribution in [2.75, 3.05) is 6.54 Å². The van der Waals surface area contributed by atoms with Crippen molar-refractivity contribution in [1.29, 1.82) is 0 Å². The standard InChI is InChI=1S/C22H23NO5S/c24-22(25)21-16-6-2-1-5-14(16)11-12-23(21)29(26,27)15-9-10-20-18(13-15)17-7-3-4-8-19(17)28-20/h3-4,7-10,13-14,16,21H,1-2,5-6,11-12H2,(H,24,25). The second-order valence-corrected chi connectivity index (χ2v) is 10.0. The van der Waals surface area contributed by atoms with Crippen LogP contribution in [0.5, 0.6) is 0 Å². The Morgan fingerprint density at radius 2 is 1.76 bits per heavy atom. The van der Waals surface area contributed by atoms with E-state index < -0.39 is 22.0 Å². The maximum atomic E-state index is 13.5. The molecule has 1 aromatic heterocycles. The molecule has 5 rings (SSSR count). The Morgan fingerprint density at radius 3 is 2.59 bits per heavy atom. The van der Waals surface area contributed by atoms with Crippen molar-refractivity contribution in [3.63, 3.8) is 0 Å². The van der Waals surface area contributed by atoms with Crippen LogP contribution in [0.4, 0.5) is 0 Å². The lowest BCUT2D eigenvalue weighted by molar-refractivity contribution is -0.146. The van der Waals surface area contributed by atoms with E-state index in [1.165, 1.54) is 10.4 Å². The molecular weight excluding hydrogens is 390 g/mol. The summed E-state index contributed by atoms with van der Waals surface area (Å²) in [5.41, 5.74) is 1.31. The molecule has 0 radical (unpaired) electrons. The minimum atomic E-state index is -3.93. The Bertz CT molecular complexity index is 1200. The van der Waals surface area contributed by atoms with E-state index >= 15 is 0 Å². The topological polar surface area (TPSA) is 87.8 Å². The molecule has 2 aliphatic rings. The summed E-state index contributed by atoms with van der Waals surface area (Å²) >= 11 is 0. The predicted molar refractivity (Wildman–Crippen MR) is 109 cm³/mol. The normalized spacial score (nSPS) is 25.9. The third-order valence-electron chi connectivity index (χ3n) is 6.61. The molecule has 0 bridgehead atoms. The van der Waals surface area contributed by atoms with Crippen LogP contribution in [0.1, 0.15) is 32.1 Å². The van der Waals surface area contributed by atoms with E-state index in [0.29, 0.717) is 17.1 Å². The summed E-state index contributed by atoms with van der Waals surface area (Å²) in [6.45, 7) is 0.255. The van der Waals surface area contributed by atoms with Gasteiger partial charge in [0.05, 0.1) is 4.90 Å². The molecule has 2 fully saturated rings. The average molecular weight is 413 g/mol. The van der Waals surface area contributed by atoms with Crippen molar-refractivity contribution in [2.24, 2.45) is 11.8 Å². The van der Waals surface area contributed by atoms with Gasteiger partial charge in [-0.15, -0.1) is 0 Å². The van der Waals surface area contributed by atoms with Gasteiger partial charge < -0.3 is 9.52 Å². The minimum absolute atomic E-state index is 0.108. The van der Waals surface area contributed by atoms with E-state index in [-0.39, 0.29) is 17.4 Å². The van der Waals surface area contributed by atoms with E-state index in [4.69, 9.17) is 4.42 Å². The van der Waals surface area contributed by atoms with Gasteiger partial charge in [0, 0.05) is 17.3 Å². The molecule has 2 aromatic carbocycles. The van der Waals surface area contributed by atoms with E-state index in [9.17, 15) is 18.3 Å². The van der Waals surface area contributed by atoms with Crippen LogP contribution in [0.15, 0.2) is 51.8 Å². The van der Waals surface area contributed by atoms with Crippen LogP contribution in [0.2, 0.25) is 0 Å². The first-order valence-corrected chi connectivity index (χ1v) is 11.6. The van der Waals surface area contributed by atoms with Gasteiger partial charge in [-0.05, 0) is 48.9 Å². The first-order chi connectivity index (χ1) is 14.0. The average Bonchev–Trinajstić information content (AvgIpc) is 3.10. The van der Waals surface area contributed by atoms with Crippen molar-refractivity contribution in [1.82, 2.24) is 4.31 Å². The highest BCUT2D eigenvalue weighted by molar-refractivity contribution is 7.89. The number of piperidine rings is 1. The maximum absolute atomic E-state index is 13.5. The number of nitrogens with zero attached hydrogens (tertiary/aromatic N) is 1. The lowest BCUT2D eigenvalue weighted by atomic mass is 9.71. The molecule has 29 heavy (non-hydrogen) atoms. The molecule has 1 saturated heterocycles. The fourth-order valence-corrected chi connectivity index (χ4v) is 6.90. The fraction of sp³-hybridized carbons (Fsp3) is 0.409. The van der Waals surface area contributed by atoms with Crippen LogP contribution in [-0.2, 0) is 14.8 Å². The number of aliphatic carboxylic acids is 1. The first-order valence-electron chi connectivity index (χ1n) is 10.1. The van der Waals surface area contributed by atoms with E-state index in [1.807, 2.05) is 24.3 Å². The monoisotopic (exact) mass is 413 g/mol. The zero-order chi connectivity index (χ0) is 20.2. The molecule has 1 aliphatic heterocycles. The number of hydrogen-bond donors (Lipinski definition) is 1. The molecule has 1 saturated carbocycles. The highest BCUT2D eigenvalue weighted by Gasteiger charge is 2.47. The Morgan fingerprint density at radius 1 is 1.00 bits per heavy atom.